The van der Waals surface area contributed by atoms with Crippen LogP contribution in [0.2, 0.25) is 0 Å². The molecule has 0 aliphatic carbocycles. The molecule has 11 heteroatoms. The highest BCUT2D eigenvalue weighted by Gasteiger charge is 2.49. The highest BCUT2D eigenvalue weighted by atomic mass is 32.1. The van der Waals surface area contributed by atoms with E-state index in [1.54, 1.807) is 50.2 Å². The average Bonchev–Trinajstić information content (AvgIpc) is 3.61. The highest BCUT2D eigenvalue weighted by Crippen LogP contribution is 2.46. The zero-order valence-electron chi connectivity index (χ0n) is 24.1. The number of esters is 1. The van der Waals surface area contributed by atoms with Gasteiger partial charge in [-0.05, 0) is 76.1 Å². The van der Waals surface area contributed by atoms with Crippen molar-refractivity contribution >= 4 is 39.9 Å². The van der Waals surface area contributed by atoms with Gasteiger partial charge in [-0.15, -0.1) is 0 Å². The van der Waals surface area contributed by atoms with Crippen LogP contribution in [0.15, 0.2) is 42.0 Å². The number of aryl methyl sites for hydroxylation is 1. The van der Waals surface area contributed by atoms with E-state index in [0.29, 0.717) is 53.7 Å². The summed E-state index contributed by atoms with van der Waals surface area (Å²) in [7, 11) is 0. The summed E-state index contributed by atoms with van der Waals surface area (Å²) in [4.78, 5) is 45.8. The lowest BCUT2D eigenvalue weighted by Crippen LogP contribution is -2.29. The molecule has 0 unspecified atom stereocenters. The van der Waals surface area contributed by atoms with E-state index in [2.05, 4.69) is 4.98 Å². The number of rotatable bonds is 9. The Labute approximate surface area is 247 Å². The van der Waals surface area contributed by atoms with Gasteiger partial charge in [0, 0.05) is 12.0 Å². The number of fused-ring (bicyclic) bond motifs is 1. The summed E-state index contributed by atoms with van der Waals surface area (Å²) in [6, 6.07) is 9.23. The molecule has 1 amide bonds. The number of aliphatic hydroxyl groups excluding tert-OH is 1. The molecule has 0 radical (unpaired) electrons. The maximum absolute atomic E-state index is 13.7. The number of nitrogens with zero attached hydrogens (tertiary/aromatic N) is 2. The van der Waals surface area contributed by atoms with Gasteiger partial charge in [0.05, 0.1) is 37.1 Å². The Bertz CT molecular complexity index is 1590. The van der Waals surface area contributed by atoms with E-state index in [9.17, 15) is 19.5 Å². The first kappa shape index (κ1) is 29.1. The summed E-state index contributed by atoms with van der Waals surface area (Å²) < 4.78 is 22.5. The number of benzene rings is 2. The van der Waals surface area contributed by atoms with E-state index >= 15 is 0 Å². The molecule has 1 aromatic heterocycles. The maximum Gasteiger partial charge on any atom is 0.350 e. The second-order valence-corrected chi connectivity index (χ2v) is 10.8. The minimum Gasteiger partial charge on any atom is -0.507 e. The Morgan fingerprint density at radius 3 is 2.52 bits per heavy atom. The Kier molecular flexibility index (Phi) is 8.22. The van der Waals surface area contributed by atoms with Gasteiger partial charge in [-0.3, -0.25) is 14.5 Å². The van der Waals surface area contributed by atoms with Crippen LogP contribution in [0.25, 0.3) is 5.76 Å². The highest BCUT2D eigenvalue weighted by molar-refractivity contribution is 7.17. The molecule has 3 aromatic rings. The molecular weight excluding hydrogens is 560 g/mol. The van der Waals surface area contributed by atoms with Gasteiger partial charge >= 0.3 is 11.9 Å². The van der Waals surface area contributed by atoms with Crippen molar-refractivity contribution in [2.45, 2.75) is 53.2 Å². The molecule has 0 spiro atoms. The first-order valence-electron chi connectivity index (χ1n) is 13.8. The number of thiazole rings is 1. The molecule has 220 valence electrons. The molecule has 10 nitrogen and oxygen atoms in total. The van der Waals surface area contributed by atoms with Crippen molar-refractivity contribution in [3.05, 3.63) is 69.2 Å². The molecule has 1 N–H and O–H groups in total. The first-order chi connectivity index (χ1) is 20.2. The van der Waals surface area contributed by atoms with Gasteiger partial charge in [-0.2, -0.15) is 0 Å². The van der Waals surface area contributed by atoms with Crippen LogP contribution < -0.4 is 19.1 Å². The minimum atomic E-state index is -1.07. The van der Waals surface area contributed by atoms with Crippen LogP contribution in [0.5, 0.6) is 17.2 Å². The van der Waals surface area contributed by atoms with E-state index in [0.717, 1.165) is 16.9 Å². The lowest BCUT2D eigenvalue weighted by molar-refractivity contribution is -0.132. The second-order valence-electron chi connectivity index (χ2n) is 9.83. The minimum absolute atomic E-state index is 0.00875. The summed E-state index contributed by atoms with van der Waals surface area (Å²) >= 11 is 0.951. The lowest BCUT2D eigenvalue weighted by atomic mass is 9.94. The first-order valence-corrected chi connectivity index (χ1v) is 14.6. The largest absolute Gasteiger partial charge is 0.507 e. The molecule has 2 atom stereocenters. The third kappa shape index (κ3) is 5.20. The number of anilines is 1. The SMILES string of the molecule is CCOC(=O)c1sc(N2C(=O)C(=O)C(=C(O)c3ccc4c(c3)C[C@H](C)O4)[C@@H]2c2ccc(OCC)c(OCC)c2)nc1C. The van der Waals surface area contributed by atoms with Crippen LogP contribution in [0.1, 0.15) is 65.8 Å². The van der Waals surface area contributed by atoms with Gasteiger partial charge in [0.15, 0.2) is 16.6 Å². The molecule has 1 fully saturated rings. The Morgan fingerprint density at radius 1 is 1.07 bits per heavy atom. The molecule has 2 aliphatic rings. The van der Waals surface area contributed by atoms with Crippen LogP contribution in [-0.2, 0) is 20.7 Å². The number of hydrogen-bond donors (Lipinski definition) is 1. The van der Waals surface area contributed by atoms with E-state index < -0.39 is 23.7 Å². The summed E-state index contributed by atoms with van der Waals surface area (Å²) in [6.45, 7) is 9.91. The predicted octanol–water partition coefficient (Wildman–Crippen LogP) is 5.38. The number of carbonyl (C=O) groups excluding carboxylic acids is 3. The van der Waals surface area contributed by atoms with Gasteiger partial charge in [0.2, 0.25) is 0 Å². The standard InChI is InChI=1S/C31H32N2O8S/c1-6-38-22-12-9-18(15-23(22)39-7-2)25-24(26(34)19-10-11-21-20(14-19)13-16(4)41-21)27(35)29(36)33(25)31-32-17(5)28(42-31)30(37)40-8-3/h9-12,14-16,25,34H,6-8,13H2,1-5H3/t16-,25-/m0/s1. The molecule has 2 aromatic carbocycles. The van der Waals surface area contributed by atoms with Crippen LogP contribution in [-0.4, -0.2) is 53.7 Å². The number of Topliss-reactive ketones (excluding diaryl/α,β-unsaturated/α-hetero) is 1. The van der Waals surface area contributed by atoms with E-state index in [-0.39, 0.29) is 34.1 Å². The number of ether oxygens (including phenoxy) is 4. The topological polar surface area (TPSA) is 124 Å². The van der Waals surface area contributed by atoms with Gasteiger partial charge < -0.3 is 24.1 Å². The Balaban J connectivity index is 1.69. The van der Waals surface area contributed by atoms with Crippen LogP contribution in [0, 0.1) is 6.92 Å². The number of hydrogen-bond acceptors (Lipinski definition) is 10. The fourth-order valence-electron chi connectivity index (χ4n) is 5.18. The van der Waals surface area contributed by atoms with Crippen molar-refractivity contribution in [2.75, 3.05) is 24.7 Å². The van der Waals surface area contributed by atoms with Crippen molar-refractivity contribution in [3.8, 4) is 17.2 Å². The summed E-state index contributed by atoms with van der Waals surface area (Å²) in [5, 5.41) is 11.8. The van der Waals surface area contributed by atoms with Crippen molar-refractivity contribution in [3.63, 3.8) is 0 Å². The van der Waals surface area contributed by atoms with Crippen molar-refractivity contribution in [1.82, 2.24) is 4.98 Å². The molecule has 42 heavy (non-hydrogen) atoms. The molecule has 3 heterocycles. The third-order valence-electron chi connectivity index (χ3n) is 6.95. The smallest absolute Gasteiger partial charge is 0.350 e. The van der Waals surface area contributed by atoms with E-state index in [1.165, 1.54) is 4.90 Å². The normalized spacial score (nSPS) is 19.0. The number of carbonyl (C=O) groups is 3. The summed E-state index contributed by atoms with van der Waals surface area (Å²) in [5.41, 5.74) is 2.03. The van der Waals surface area contributed by atoms with Crippen LogP contribution >= 0.6 is 11.3 Å². The Hall–Kier alpha value is -4.38. The van der Waals surface area contributed by atoms with Gasteiger partial charge in [-0.1, -0.05) is 17.4 Å². The maximum atomic E-state index is 13.7. The number of amides is 1. The van der Waals surface area contributed by atoms with Crippen molar-refractivity contribution in [1.29, 1.82) is 0 Å². The summed E-state index contributed by atoms with van der Waals surface area (Å²) in [5.74, 6) is -1.00. The summed E-state index contributed by atoms with van der Waals surface area (Å²) in [6.07, 6.45) is 0.644. The third-order valence-corrected chi connectivity index (χ3v) is 8.09. The van der Waals surface area contributed by atoms with Crippen molar-refractivity contribution < 1.29 is 38.4 Å². The average molecular weight is 593 g/mol. The predicted molar refractivity (Wildman–Crippen MR) is 157 cm³/mol. The molecule has 2 aliphatic heterocycles. The van der Waals surface area contributed by atoms with E-state index in [1.807, 2.05) is 20.8 Å². The van der Waals surface area contributed by atoms with E-state index in [4.69, 9.17) is 18.9 Å². The van der Waals surface area contributed by atoms with Crippen molar-refractivity contribution in [2.24, 2.45) is 0 Å². The second kappa shape index (κ2) is 11.8. The quantitative estimate of drug-likeness (QED) is 0.151. The molecule has 0 saturated carbocycles. The van der Waals surface area contributed by atoms with Gasteiger partial charge in [0.1, 0.15) is 22.5 Å². The zero-order chi connectivity index (χ0) is 30.1. The number of ketones is 1. The molecule has 1 saturated heterocycles. The number of aromatic nitrogens is 1. The Morgan fingerprint density at radius 2 is 1.81 bits per heavy atom. The van der Waals surface area contributed by atoms with Crippen LogP contribution in [0.4, 0.5) is 5.13 Å². The molecular formula is C31H32N2O8S. The lowest BCUT2D eigenvalue weighted by Gasteiger charge is -2.24. The van der Waals surface area contributed by atoms with Gasteiger partial charge in [0.25, 0.3) is 5.78 Å². The monoisotopic (exact) mass is 592 g/mol. The fourth-order valence-corrected chi connectivity index (χ4v) is 6.17. The van der Waals surface area contributed by atoms with Gasteiger partial charge in [-0.25, -0.2) is 9.78 Å². The fraction of sp³-hybridized carbons (Fsp3) is 0.355. The van der Waals surface area contributed by atoms with Crippen LogP contribution in [0.3, 0.4) is 0 Å². The number of aliphatic hydroxyl groups is 1. The molecule has 0 bridgehead atoms. The molecule has 5 rings (SSSR count). The zero-order valence-corrected chi connectivity index (χ0v) is 24.9.